The monoisotopic (exact) mass is 502 g/mol. The summed E-state index contributed by atoms with van der Waals surface area (Å²) in [7, 11) is -3.62. The Morgan fingerprint density at radius 1 is 0.800 bits per heavy atom. The summed E-state index contributed by atoms with van der Waals surface area (Å²) in [5.74, 6) is 1.86. The number of pyridine rings is 1. The van der Waals surface area contributed by atoms with Crippen LogP contribution in [0.25, 0.3) is 0 Å². The van der Waals surface area contributed by atoms with Gasteiger partial charge in [0.1, 0.15) is 28.0 Å². The molecular formula is C19H15BrN6O2S2. The van der Waals surface area contributed by atoms with Crippen LogP contribution in [0.3, 0.4) is 0 Å². The number of rotatable bonds is 7. The predicted molar refractivity (Wildman–Crippen MR) is 122 cm³/mol. The Hall–Kier alpha value is -3.02. The number of thiophene rings is 1. The van der Waals surface area contributed by atoms with E-state index in [2.05, 4.69) is 46.2 Å². The topological polar surface area (TPSA) is 109 Å². The third-order valence-corrected chi connectivity index (χ3v) is 7.31. The van der Waals surface area contributed by atoms with Gasteiger partial charge < -0.3 is 10.6 Å². The van der Waals surface area contributed by atoms with E-state index in [1.54, 1.807) is 48.7 Å². The van der Waals surface area contributed by atoms with E-state index >= 15 is 0 Å². The highest BCUT2D eigenvalue weighted by atomic mass is 79.9. The molecule has 0 aliphatic rings. The summed E-state index contributed by atoms with van der Waals surface area (Å²) in [4.78, 5) is 12.6. The number of hydrogen-bond donors (Lipinski definition) is 3. The van der Waals surface area contributed by atoms with Gasteiger partial charge in [0.05, 0.1) is 3.79 Å². The molecule has 30 heavy (non-hydrogen) atoms. The van der Waals surface area contributed by atoms with Gasteiger partial charge in [-0.05, 0) is 64.5 Å². The fraction of sp³-hybridized carbons (Fsp3) is 0. The maximum Gasteiger partial charge on any atom is 0.271 e. The van der Waals surface area contributed by atoms with Crippen molar-refractivity contribution in [3.8, 4) is 0 Å². The van der Waals surface area contributed by atoms with E-state index in [1.807, 2.05) is 18.2 Å². The number of nitrogens with zero attached hydrogens (tertiary/aromatic N) is 3. The minimum absolute atomic E-state index is 0.241. The summed E-state index contributed by atoms with van der Waals surface area (Å²) < 4.78 is 28.4. The molecule has 3 heterocycles. The van der Waals surface area contributed by atoms with Crippen LogP contribution in [-0.2, 0) is 10.0 Å². The van der Waals surface area contributed by atoms with Crippen LogP contribution in [0.1, 0.15) is 0 Å². The molecule has 0 atom stereocenters. The zero-order chi connectivity index (χ0) is 21.0. The first-order valence-electron chi connectivity index (χ1n) is 8.63. The quantitative estimate of drug-likeness (QED) is 0.326. The highest BCUT2D eigenvalue weighted by Gasteiger charge is 2.16. The molecule has 0 bridgehead atoms. The molecule has 0 saturated carbocycles. The number of nitrogens with one attached hydrogen (secondary N) is 3. The van der Waals surface area contributed by atoms with Crippen LogP contribution in [0.15, 0.2) is 81.2 Å². The molecule has 3 aromatic heterocycles. The molecule has 0 radical (unpaired) electrons. The summed E-state index contributed by atoms with van der Waals surface area (Å²) in [5, 5.41) is 6.26. The van der Waals surface area contributed by atoms with Gasteiger partial charge in [-0.1, -0.05) is 6.07 Å². The second-order valence-corrected chi connectivity index (χ2v) is 10.4. The van der Waals surface area contributed by atoms with Crippen LogP contribution < -0.4 is 15.4 Å². The molecule has 0 amide bonds. The molecule has 3 N–H and O–H groups in total. The van der Waals surface area contributed by atoms with E-state index in [-0.39, 0.29) is 4.21 Å². The summed E-state index contributed by atoms with van der Waals surface area (Å²) in [6.07, 6.45) is 3.13. The first-order chi connectivity index (χ1) is 14.5. The lowest BCUT2D eigenvalue weighted by Gasteiger charge is -2.10. The van der Waals surface area contributed by atoms with Crippen LogP contribution in [0, 0.1) is 0 Å². The number of benzene rings is 1. The average molecular weight is 503 g/mol. The Balaban J connectivity index is 1.43. The number of halogens is 1. The van der Waals surface area contributed by atoms with Crippen molar-refractivity contribution < 1.29 is 8.42 Å². The van der Waals surface area contributed by atoms with Crippen molar-refractivity contribution in [1.82, 2.24) is 15.0 Å². The number of hydrogen-bond acceptors (Lipinski definition) is 8. The van der Waals surface area contributed by atoms with E-state index in [4.69, 9.17) is 0 Å². The molecule has 0 aliphatic heterocycles. The summed E-state index contributed by atoms with van der Waals surface area (Å²) in [6, 6.07) is 17.4. The zero-order valence-corrected chi connectivity index (χ0v) is 18.5. The fourth-order valence-electron chi connectivity index (χ4n) is 2.48. The van der Waals surface area contributed by atoms with Crippen LogP contribution >= 0.6 is 27.3 Å². The first kappa shape index (κ1) is 20.3. The lowest BCUT2D eigenvalue weighted by Crippen LogP contribution is -2.11. The van der Waals surface area contributed by atoms with Gasteiger partial charge in [0, 0.05) is 23.6 Å². The van der Waals surface area contributed by atoms with E-state index in [0.29, 0.717) is 23.1 Å². The summed E-state index contributed by atoms with van der Waals surface area (Å²) in [5.41, 5.74) is 1.21. The average Bonchev–Trinajstić information content (AvgIpc) is 3.18. The number of aromatic nitrogens is 3. The first-order valence-corrected chi connectivity index (χ1v) is 11.7. The summed E-state index contributed by atoms with van der Waals surface area (Å²) >= 11 is 4.42. The zero-order valence-electron chi connectivity index (χ0n) is 15.3. The van der Waals surface area contributed by atoms with Crippen molar-refractivity contribution in [3.05, 3.63) is 77.0 Å². The van der Waals surface area contributed by atoms with Crippen LogP contribution in [0.2, 0.25) is 0 Å². The molecule has 0 unspecified atom stereocenters. The maximum absolute atomic E-state index is 12.4. The maximum atomic E-state index is 12.4. The lowest BCUT2D eigenvalue weighted by atomic mass is 10.3. The third kappa shape index (κ3) is 5.12. The molecule has 4 rings (SSSR count). The largest absolute Gasteiger partial charge is 0.340 e. The molecule has 4 aromatic rings. The van der Waals surface area contributed by atoms with E-state index in [1.165, 1.54) is 6.33 Å². The van der Waals surface area contributed by atoms with Crippen molar-refractivity contribution in [1.29, 1.82) is 0 Å². The normalized spacial score (nSPS) is 11.1. The Morgan fingerprint density at radius 3 is 2.20 bits per heavy atom. The van der Waals surface area contributed by atoms with Crippen LogP contribution in [0.5, 0.6) is 0 Å². The molecule has 8 nitrogen and oxygen atoms in total. The molecule has 152 valence electrons. The van der Waals surface area contributed by atoms with Gasteiger partial charge in [-0.2, -0.15) is 0 Å². The molecular weight excluding hydrogens is 488 g/mol. The Bertz CT molecular complexity index is 1250. The van der Waals surface area contributed by atoms with Gasteiger partial charge in [0.15, 0.2) is 0 Å². The van der Waals surface area contributed by atoms with E-state index in [9.17, 15) is 8.42 Å². The highest BCUT2D eigenvalue weighted by Crippen LogP contribution is 2.28. The lowest BCUT2D eigenvalue weighted by molar-refractivity contribution is 0.603. The minimum atomic E-state index is -3.62. The van der Waals surface area contributed by atoms with Gasteiger partial charge in [-0.3, -0.25) is 4.72 Å². The van der Waals surface area contributed by atoms with Crippen molar-refractivity contribution in [3.63, 3.8) is 0 Å². The molecule has 0 saturated heterocycles. The second kappa shape index (κ2) is 8.78. The van der Waals surface area contributed by atoms with Gasteiger partial charge in [0.25, 0.3) is 10.0 Å². The molecule has 0 fully saturated rings. The SMILES string of the molecule is O=S(=O)(Nc1ccc(Nc2cc(Nc3ccccn3)ncn2)cc1)c1ccc(Br)s1. The smallest absolute Gasteiger partial charge is 0.271 e. The van der Waals surface area contributed by atoms with E-state index in [0.717, 1.165) is 20.8 Å². The Labute approximate surface area is 185 Å². The molecule has 0 aliphatic carbocycles. The second-order valence-electron chi connectivity index (χ2n) is 5.99. The number of sulfonamides is 1. The summed E-state index contributed by atoms with van der Waals surface area (Å²) in [6.45, 7) is 0. The van der Waals surface area contributed by atoms with Crippen molar-refractivity contribution >= 4 is 66.1 Å². The van der Waals surface area contributed by atoms with Crippen LogP contribution in [0.4, 0.5) is 28.8 Å². The minimum Gasteiger partial charge on any atom is -0.340 e. The van der Waals surface area contributed by atoms with Crippen LogP contribution in [-0.4, -0.2) is 23.4 Å². The Morgan fingerprint density at radius 2 is 1.53 bits per heavy atom. The van der Waals surface area contributed by atoms with Gasteiger partial charge in [0.2, 0.25) is 0 Å². The standard InChI is InChI=1S/C19H15BrN6O2S2/c20-15-8-9-19(29-15)30(27,28)26-14-6-4-13(5-7-14)24-17-11-18(23-12-22-17)25-16-3-1-2-10-21-16/h1-12,26H,(H2,21,22,23,24,25). The van der Waals surface area contributed by atoms with Crippen molar-refractivity contribution in [2.75, 3.05) is 15.4 Å². The molecule has 1 aromatic carbocycles. The predicted octanol–water partition coefficient (Wildman–Crippen LogP) is 4.98. The van der Waals surface area contributed by atoms with Gasteiger partial charge in [-0.15, -0.1) is 11.3 Å². The van der Waals surface area contributed by atoms with E-state index < -0.39 is 10.0 Å². The molecule has 11 heteroatoms. The Kier molecular flexibility index (Phi) is 5.93. The third-order valence-electron chi connectivity index (χ3n) is 3.81. The highest BCUT2D eigenvalue weighted by molar-refractivity contribution is 9.11. The van der Waals surface area contributed by atoms with Gasteiger partial charge in [-0.25, -0.2) is 23.4 Å². The molecule has 0 spiro atoms. The fourth-order valence-corrected chi connectivity index (χ4v) is 5.55. The van der Waals surface area contributed by atoms with Gasteiger partial charge >= 0.3 is 0 Å². The van der Waals surface area contributed by atoms with Crippen molar-refractivity contribution in [2.45, 2.75) is 4.21 Å². The van der Waals surface area contributed by atoms with Crippen molar-refractivity contribution in [2.24, 2.45) is 0 Å². The number of anilines is 5.